The van der Waals surface area contributed by atoms with E-state index in [1.165, 1.54) is 0 Å². The molecule has 1 aromatic heterocycles. The van der Waals surface area contributed by atoms with Crippen LogP contribution in [0.4, 0.5) is 5.69 Å². The number of carbonyl (C=O) groups is 1. The number of halogens is 1. The van der Waals surface area contributed by atoms with Crippen LogP contribution < -0.4 is 10.9 Å². The second-order valence-corrected chi connectivity index (χ2v) is 7.70. The molecule has 1 N–H and O–H groups in total. The molecule has 0 fully saturated rings. The minimum Gasteiger partial charge on any atom is -0.322 e. The molecule has 0 radical (unpaired) electrons. The van der Waals surface area contributed by atoms with Gasteiger partial charge in [-0.2, -0.15) is 0 Å². The fourth-order valence-electron chi connectivity index (χ4n) is 3.30. The molecule has 0 bridgehead atoms. The summed E-state index contributed by atoms with van der Waals surface area (Å²) >= 11 is 3.38. The topological polar surface area (TPSA) is 64.0 Å². The molecule has 6 heteroatoms. The van der Waals surface area contributed by atoms with Crippen LogP contribution in [0, 0.1) is 13.8 Å². The van der Waals surface area contributed by atoms with Gasteiger partial charge in [0.1, 0.15) is 5.82 Å². The van der Waals surface area contributed by atoms with Gasteiger partial charge in [-0.25, -0.2) is 4.98 Å². The molecule has 3 aromatic carbocycles. The Labute approximate surface area is 176 Å². The summed E-state index contributed by atoms with van der Waals surface area (Å²) in [6, 6.07) is 20.0. The summed E-state index contributed by atoms with van der Waals surface area (Å²) < 4.78 is 2.44. The molecule has 0 aliphatic carbocycles. The molecular formula is C23H18BrN3O2. The number of hydrogen-bond acceptors (Lipinski definition) is 3. The fraction of sp³-hybridized carbons (Fsp3) is 0.0870. The van der Waals surface area contributed by atoms with E-state index in [9.17, 15) is 9.59 Å². The van der Waals surface area contributed by atoms with Crippen molar-refractivity contribution in [2.45, 2.75) is 13.8 Å². The number of rotatable bonds is 3. The maximum Gasteiger partial charge on any atom is 0.265 e. The molecule has 4 aromatic rings. The SMILES string of the molecule is Cc1cc(-n2c(C)nc3ccccc3c2=O)ccc1NC(=O)c1cccc(Br)c1. The number of aromatic nitrogens is 2. The third kappa shape index (κ3) is 3.71. The van der Waals surface area contributed by atoms with Gasteiger partial charge in [0.2, 0.25) is 0 Å². The van der Waals surface area contributed by atoms with E-state index >= 15 is 0 Å². The molecule has 1 heterocycles. The molecule has 1 amide bonds. The number of aryl methyl sites for hydroxylation is 2. The number of anilines is 1. The highest BCUT2D eigenvalue weighted by molar-refractivity contribution is 9.10. The minimum atomic E-state index is -0.192. The van der Waals surface area contributed by atoms with Gasteiger partial charge in [-0.3, -0.25) is 14.2 Å². The van der Waals surface area contributed by atoms with Gasteiger partial charge in [-0.15, -0.1) is 0 Å². The van der Waals surface area contributed by atoms with Crippen LogP contribution >= 0.6 is 15.9 Å². The van der Waals surface area contributed by atoms with Gasteiger partial charge in [-0.1, -0.05) is 34.1 Å². The van der Waals surface area contributed by atoms with E-state index in [1.807, 2.05) is 62.4 Å². The zero-order valence-electron chi connectivity index (χ0n) is 15.9. The predicted octanol–water partition coefficient (Wildman–Crippen LogP) is 5.02. The standard InChI is InChI=1S/C23H18BrN3O2/c1-14-12-18(27-15(2)25-21-9-4-3-8-19(21)23(27)29)10-11-20(14)26-22(28)16-6-5-7-17(24)13-16/h3-13H,1-2H3,(H,26,28). The molecule has 0 saturated carbocycles. The molecule has 0 atom stereocenters. The molecule has 5 nitrogen and oxygen atoms in total. The molecule has 144 valence electrons. The van der Waals surface area contributed by atoms with Gasteiger partial charge in [0.25, 0.3) is 11.5 Å². The maximum absolute atomic E-state index is 13.0. The van der Waals surface area contributed by atoms with Crippen molar-refractivity contribution in [3.8, 4) is 5.69 Å². The van der Waals surface area contributed by atoms with Crippen LogP contribution in [0.15, 0.2) is 76.0 Å². The lowest BCUT2D eigenvalue weighted by molar-refractivity contribution is 0.102. The van der Waals surface area contributed by atoms with Crippen LogP contribution in [0.2, 0.25) is 0 Å². The molecule has 29 heavy (non-hydrogen) atoms. The highest BCUT2D eigenvalue weighted by Gasteiger charge is 2.12. The van der Waals surface area contributed by atoms with E-state index in [0.29, 0.717) is 33.7 Å². The van der Waals surface area contributed by atoms with Gasteiger partial charge in [-0.05, 0) is 67.9 Å². The Balaban J connectivity index is 1.70. The molecule has 0 spiro atoms. The Hall–Kier alpha value is -3.25. The second-order valence-electron chi connectivity index (χ2n) is 6.78. The van der Waals surface area contributed by atoms with Crippen LogP contribution in [0.1, 0.15) is 21.7 Å². The number of fused-ring (bicyclic) bond motifs is 1. The second kappa shape index (κ2) is 7.64. The monoisotopic (exact) mass is 447 g/mol. The largest absolute Gasteiger partial charge is 0.322 e. The fourth-order valence-corrected chi connectivity index (χ4v) is 3.70. The van der Waals surface area contributed by atoms with Crippen molar-refractivity contribution in [1.29, 1.82) is 0 Å². The highest BCUT2D eigenvalue weighted by atomic mass is 79.9. The van der Waals surface area contributed by atoms with Crippen molar-refractivity contribution >= 4 is 38.4 Å². The number of nitrogens with zero attached hydrogens (tertiary/aromatic N) is 2. The van der Waals surface area contributed by atoms with E-state index in [0.717, 1.165) is 10.0 Å². The number of amides is 1. The maximum atomic E-state index is 13.0. The van der Waals surface area contributed by atoms with Gasteiger partial charge in [0.15, 0.2) is 0 Å². The van der Waals surface area contributed by atoms with Crippen molar-refractivity contribution in [2.24, 2.45) is 0 Å². The van der Waals surface area contributed by atoms with Crippen molar-refractivity contribution < 1.29 is 4.79 Å². The Morgan fingerprint density at radius 3 is 2.55 bits per heavy atom. The molecule has 4 rings (SSSR count). The van der Waals surface area contributed by atoms with Crippen molar-refractivity contribution in [1.82, 2.24) is 9.55 Å². The first-order valence-corrected chi connectivity index (χ1v) is 9.90. The molecule has 0 saturated heterocycles. The number of nitrogens with one attached hydrogen (secondary N) is 1. The van der Waals surface area contributed by atoms with Crippen LogP contribution in [0.3, 0.4) is 0 Å². The summed E-state index contributed by atoms with van der Waals surface area (Å²) in [5, 5.41) is 3.50. The lowest BCUT2D eigenvalue weighted by Crippen LogP contribution is -2.22. The van der Waals surface area contributed by atoms with Crippen LogP contribution in [0.25, 0.3) is 16.6 Å². The summed E-state index contributed by atoms with van der Waals surface area (Å²) in [6.07, 6.45) is 0. The smallest absolute Gasteiger partial charge is 0.265 e. The average Bonchev–Trinajstić information content (AvgIpc) is 2.70. The molecular weight excluding hydrogens is 430 g/mol. The third-order valence-corrected chi connectivity index (χ3v) is 5.24. The summed E-state index contributed by atoms with van der Waals surface area (Å²) in [7, 11) is 0. The minimum absolute atomic E-state index is 0.113. The van der Waals surface area contributed by atoms with Crippen molar-refractivity contribution in [3.05, 3.63) is 98.5 Å². The van der Waals surface area contributed by atoms with Crippen LogP contribution in [0.5, 0.6) is 0 Å². The lowest BCUT2D eigenvalue weighted by atomic mass is 10.1. The van der Waals surface area contributed by atoms with E-state index in [-0.39, 0.29) is 11.5 Å². The summed E-state index contributed by atoms with van der Waals surface area (Å²) in [6.45, 7) is 3.71. The number of hydrogen-bond donors (Lipinski definition) is 1. The zero-order valence-corrected chi connectivity index (χ0v) is 17.5. The van der Waals surface area contributed by atoms with E-state index in [2.05, 4.69) is 26.2 Å². The third-order valence-electron chi connectivity index (χ3n) is 4.75. The van der Waals surface area contributed by atoms with Gasteiger partial charge in [0.05, 0.1) is 16.6 Å². The van der Waals surface area contributed by atoms with Crippen molar-refractivity contribution in [3.63, 3.8) is 0 Å². The summed E-state index contributed by atoms with van der Waals surface area (Å²) in [5.74, 6) is 0.418. The lowest BCUT2D eigenvalue weighted by Gasteiger charge is -2.14. The summed E-state index contributed by atoms with van der Waals surface area (Å²) in [5.41, 5.74) is 3.39. The first-order chi connectivity index (χ1) is 13.9. The Morgan fingerprint density at radius 2 is 1.79 bits per heavy atom. The number of para-hydroxylation sites is 1. The Morgan fingerprint density at radius 1 is 1.00 bits per heavy atom. The molecule has 0 unspecified atom stereocenters. The van der Waals surface area contributed by atoms with Crippen LogP contribution in [-0.4, -0.2) is 15.5 Å². The van der Waals surface area contributed by atoms with E-state index < -0.39 is 0 Å². The first kappa shape index (κ1) is 19.1. The molecule has 0 aliphatic rings. The number of benzene rings is 3. The Bertz CT molecular complexity index is 1310. The van der Waals surface area contributed by atoms with E-state index in [1.54, 1.807) is 22.8 Å². The van der Waals surface area contributed by atoms with Crippen molar-refractivity contribution in [2.75, 3.05) is 5.32 Å². The quantitative estimate of drug-likeness (QED) is 0.479. The van der Waals surface area contributed by atoms with Gasteiger partial charge >= 0.3 is 0 Å². The summed E-state index contributed by atoms with van der Waals surface area (Å²) in [4.78, 5) is 30.1. The highest BCUT2D eigenvalue weighted by Crippen LogP contribution is 2.21. The molecule has 0 aliphatic heterocycles. The predicted molar refractivity (Wildman–Crippen MR) is 119 cm³/mol. The van der Waals surface area contributed by atoms with Gasteiger partial charge in [0, 0.05) is 15.7 Å². The number of carbonyl (C=O) groups excluding carboxylic acids is 1. The van der Waals surface area contributed by atoms with Gasteiger partial charge < -0.3 is 5.32 Å². The zero-order chi connectivity index (χ0) is 20.5. The normalized spacial score (nSPS) is 10.9. The average molecular weight is 448 g/mol. The van der Waals surface area contributed by atoms with E-state index in [4.69, 9.17) is 0 Å². The Kier molecular flexibility index (Phi) is 5.03. The first-order valence-electron chi connectivity index (χ1n) is 9.10. The van der Waals surface area contributed by atoms with Crippen LogP contribution in [-0.2, 0) is 0 Å².